The SMILES string of the molecule is CCCCCCCCCCCCCCCCCCC(c1cc(C)c(O)c(C(C)(C)C)c1)C(C(=O)O)(C(=O)O)C(CCCCCCCCCCCCCCCCCC)c1cc(C)c(O)c(C(C)(C)C)c1. The summed E-state index contributed by atoms with van der Waals surface area (Å²) in [7, 11) is 0. The lowest BCUT2D eigenvalue weighted by molar-refractivity contribution is -0.169. The Balaban J connectivity index is 2.37. The van der Waals surface area contributed by atoms with Gasteiger partial charge < -0.3 is 20.4 Å². The first-order valence-corrected chi connectivity index (χ1v) is 29.0. The van der Waals surface area contributed by atoms with Crippen molar-refractivity contribution in [2.75, 3.05) is 0 Å². The highest BCUT2D eigenvalue weighted by molar-refractivity contribution is 6.01. The topological polar surface area (TPSA) is 115 Å². The Morgan fingerprint density at radius 2 is 0.609 bits per heavy atom. The molecule has 2 aromatic carbocycles. The van der Waals surface area contributed by atoms with Crippen molar-refractivity contribution in [3.8, 4) is 11.5 Å². The molecule has 0 aliphatic rings. The number of phenolic OH excluding ortho intramolecular Hbond substituents is 2. The van der Waals surface area contributed by atoms with Gasteiger partial charge >= 0.3 is 11.9 Å². The minimum atomic E-state index is -2.21. The fraction of sp³-hybridized carbons (Fsp3) is 0.778. The molecule has 6 nitrogen and oxygen atoms in total. The molecule has 0 heterocycles. The van der Waals surface area contributed by atoms with Crippen LogP contribution in [0.5, 0.6) is 11.5 Å². The third-order valence-corrected chi connectivity index (χ3v) is 15.6. The molecule has 0 saturated carbocycles. The zero-order chi connectivity index (χ0) is 51.3. The Morgan fingerprint density at radius 3 is 0.812 bits per heavy atom. The van der Waals surface area contributed by atoms with Gasteiger partial charge in [0.05, 0.1) is 0 Å². The molecule has 2 atom stereocenters. The normalized spacial score (nSPS) is 13.2. The number of carboxylic acid groups (broad SMARTS) is 2. The summed E-state index contributed by atoms with van der Waals surface area (Å²) in [6.07, 6.45) is 40.1. The lowest BCUT2D eigenvalue weighted by atomic mass is 9.58. The van der Waals surface area contributed by atoms with Gasteiger partial charge in [-0.25, -0.2) is 0 Å². The van der Waals surface area contributed by atoms with Crippen LogP contribution in [0.15, 0.2) is 24.3 Å². The van der Waals surface area contributed by atoms with Crippen LogP contribution in [0.4, 0.5) is 0 Å². The minimum absolute atomic E-state index is 0.178. The molecule has 0 aromatic heterocycles. The van der Waals surface area contributed by atoms with Gasteiger partial charge in [0.15, 0.2) is 5.41 Å². The van der Waals surface area contributed by atoms with Gasteiger partial charge in [-0.3, -0.25) is 9.59 Å². The van der Waals surface area contributed by atoms with Crippen molar-refractivity contribution >= 4 is 11.9 Å². The third-order valence-electron chi connectivity index (χ3n) is 15.6. The van der Waals surface area contributed by atoms with Gasteiger partial charge in [-0.1, -0.05) is 285 Å². The van der Waals surface area contributed by atoms with Crippen molar-refractivity contribution in [2.45, 2.75) is 310 Å². The van der Waals surface area contributed by atoms with Crippen molar-refractivity contribution in [3.05, 3.63) is 57.6 Å². The molecule has 0 spiro atoms. The second-order valence-corrected chi connectivity index (χ2v) is 23.7. The smallest absolute Gasteiger partial charge is 0.322 e. The number of aryl methyl sites for hydroxylation is 2. The largest absolute Gasteiger partial charge is 0.507 e. The predicted octanol–water partition coefficient (Wildman–Crippen LogP) is 19.6. The van der Waals surface area contributed by atoms with Gasteiger partial charge in [0.25, 0.3) is 0 Å². The summed E-state index contributed by atoms with van der Waals surface area (Å²) in [5.41, 5.74) is 0.875. The number of phenols is 2. The maximum absolute atomic E-state index is 14.4. The second kappa shape index (κ2) is 33.6. The Morgan fingerprint density at radius 1 is 0.391 bits per heavy atom. The zero-order valence-corrected chi connectivity index (χ0v) is 46.6. The van der Waals surface area contributed by atoms with E-state index < -0.39 is 40.0 Å². The Kier molecular flexibility index (Phi) is 30.2. The predicted molar refractivity (Wildman–Crippen MR) is 295 cm³/mol. The van der Waals surface area contributed by atoms with Gasteiger partial charge in [0.1, 0.15) is 11.5 Å². The molecule has 0 amide bonds. The van der Waals surface area contributed by atoms with Gasteiger partial charge in [-0.2, -0.15) is 0 Å². The van der Waals surface area contributed by atoms with Crippen LogP contribution in [0.1, 0.15) is 319 Å². The first-order chi connectivity index (χ1) is 32.8. The summed E-state index contributed by atoms with van der Waals surface area (Å²) in [5.74, 6) is -4.00. The highest BCUT2D eigenvalue weighted by atomic mass is 16.4. The Bertz CT molecular complexity index is 1590. The summed E-state index contributed by atoms with van der Waals surface area (Å²) in [6.45, 7) is 20.4. The fourth-order valence-corrected chi connectivity index (χ4v) is 11.2. The molecular formula is C63H108O6. The molecule has 0 saturated heterocycles. The van der Waals surface area contributed by atoms with Crippen molar-refractivity contribution in [3.63, 3.8) is 0 Å². The number of rotatable bonds is 40. The number of aromatic hydroxyl groups is 2. The molecule has 0 bridgehead atoms. The molecule has 4 N–H and O–H groups in total. The summed E-state index contributed by atoms with van der Waals surface area (Å²) in [5, 5.41) is 46.3. The molecule has 2 unspecified atom stereocenters. The quantitative estimate of drug-likeness (QED) is 0.0391. The minimum Gasteiger partial charge on any atom is -0.507 e. The molecule has 0 radical (unpaired) electrons. The maximum atomic E-state index is 14.4. The van der Waals surface area contributed by atoms with Crippen LogP contribution in [0.2, 0.25) is 0 Å². The molecule has 2 aromatic rings. The molecule has 69 heavy (non-hydrogen) atoms. The van der Waals surface area contributed by atoms with Crippen LogP contribution in [0.3, 0.4) is 0 Å². The van der Waals surface area contributed by atoms with Gasteiger partial charge in [0.2, 0.25) is 0 Å². The van der Waals surface area contributed by atoms with Crippen LogP contribution < -0.4 is 0 Å². The number of carbonyl (C=O) groups is 2. The number of carboxylic acids is 2. The highest BCUT2D eigenvalue weighted by Gasteiger charge is 2.59. The van der Waals surface area contributed by atoms with Gasteiger partial charge in [-0.05, 0) is 70.9 Å². The number of benzene rings is 2. The first kappa shape index (κ1) is 62.1. The average Bonchev–Trinajstić information content (AvgIpc) is 3.28. The fourth-order valence-electron chi connectivity index (χ4n) is 11.2. The molecule has 0 aliphatic carbocycles. The number of unbranched alkanes of at least 4 members (excludes halogenated alkanes) is 30. The summed E-state index contributed by atoms with van der Waals surface area (Å²) >= 11 is 0. The molecule has 0 fully saturated rings. The zero-order valence-electron chi connectivity index (χ0n) is 46.6. The van der Waals surface area contributed by atoms with Crippen molar-refractivity contribution in [1.29, 1.82) is 0 Å². The maximum Gasteiger partial charge on any atom is 0.322 e. The van der Waals surface area contributed by atoms with Crippen LogP contribution in [0.25, 0.3) is 0 Å². The van der Waals surface area contributed by atoms with Crippen molar-refractivity contribution in [2.24, 2.45) is 5.41 Å². The monoisotopic (exact) mass is 961 g/mol. The van der Waals surface area contributed by atoms with Crippen molar-refractivity contribution in [1.82, 2.24) is 0 Å². The average molecular weight is 962 g/mol. The summed E-state index contributed by atoms with van der Waals surface area (Å²) in [6, 6.07) is 7.54. The number of hydrogen-bond donors (Lipinski definition) is 4. The van der Waals surface area contributed by atoms with Gasteiger partial charge in [-0.15, -0.1) is 0 Å². The lowest BCUT2D eigenvalue weighted by Crippen LogP contribution is -2.49. The standard InChI is InChI=1S/C63H108O6/c1-11-13-15-17-19-21-23-25-27-29-31-33-35-37-39-41-43-53(51-45-49(3)57(64)55(47-51)61(5,6)7)63(59(66)67,60(68)69)54(52-46-50(4)58(65)56(48-52)62(8,9)10)44-42-40-38-36-34-32-30-28-26-24-22-20-18-16-14-12-2/h45-48,53-54,64-65H,11-44H2,1-10H3,(H,66,67)(H,68,69). The summed E-state index contributed by atoms with van der Waals surface area (Å²) < 4.78 is 0. The van der Waals surface area contributed by atoms with E-state index in [-0.39, 0.29) is 11.5 Å². The van der Waals surface area contributed by atoms with E-state index in [1.165, 1.54) is 154 Å². The molecule has 396 valence electrons. The molecule has 6 heteroatoms. The van der Waals surface area contributed by atoms with Crippen molar-refractivity contribution < 1.29 is 30.0 Å². The first-order valence-electron chi connectivity index (χ1n) is 29.0. The molecular weight excluding hydrogens is 853 g/mol. The highest BCUT2D eigenvalue weighted by Crippen LogP contribution is 2.54. The van der Waals surface area contributed by atoms with E-state index in [0.29, 0.717) is 59.1 Å². The number of aliphatic carboxylic acids is 2. The van der Waals surface area contributed by atoms with Crippen LogP contribution in [-0.4, -0.2) is 32.4 Å². The van der Waals surface area contributed by atoms with Gasteiger partial charge in [0, 0.05) is 11.8 Å². The lowest BCUT2D eigenvalue weighted by Gasteiger charge is -2.42. The Hall–Kier alpha value is -3.02. The van der Waals surface area contributed by atoms with E-state index in [4.69, 9.17) is 0 Å². The van der Waals surface area contributed by atoms with E-state index in [1.807, 2.05) is 79.7 Å². The van der Waals surface area contributed by atoms with E-state index >= 15 is 0 Å². The van der Waals surface area contributed by atoms with E-state index in [2.05, 4.69) is 13.8 Å². The van der Waals surface area contributed by atoms with E-state index in [0.717, 1.165) is 38.5 Å². The second-order valence-electron chi connectivity index (χ2n) is 23.7. The number of hydrogen-bond acceptors (Lipinski definition) is 4. The molecule has 0 aliphatic heterocycles. The van der Waals surface area contributed by atoms with E-state index in [1.54, 1.807) is 0 Å². The summed E-state index contributed by atoms with van der Waals surface area (Å²) in [4.78, 5) is 28.8. The van der Waals surface area contributed by atoms with Crippen LogP contribution >= 0.6 is 0 Å². The Labute approximate surface area is 425 Å². The van der Waals surface area contributed by atoms with E-state index in [9.17, 15) is 30.0 Å². The molecule has 2 rings (SSSR count). The van der Waals surface area contributed by atoms with Crippen LogP contribution in [-0.2, 0) is 20.4 Å². The third kappa shape index (κ3) is 21.7. The van der Waals surface area contributed by atoms with Crippen LogP contribution in [0, 0.1) is 19.3 Å².